The van der Waals surface area contributed by atoms with Gasteiger partial charge < -0.3 is 5.32 Å². The number of aryl methyl sites for hydroxylation is 1. The van der Waals surface area contributed by atoms with Gasteiger partial charge in [0.1, 0.15) is 0 Å². The molecule has 0 aliphatic rings. The first-order valence-electron chi connectivity index (χ1n) is 6.36. The zero-order valence-electron chi connectivity index (χ0n) is 11.1. The van der Waals surface area contributed by atoms with Crippen molar-refractivity contribution in [2.24, 2.45) is 0 Å². The number of rotatable bonds is 4. The third-order valence-corrected chi connectivity index (χ3v) is 3.80. The van der Waals surface area contributed by atoms with Gasteiger partial charge >= 0.3 is 0 Å². The highest BCUT2D eigenvalue weighted by atomic mass is 35.5. The lowest BCUT2D eigenvalue weighted by molar-refractivity contribution is 0.630. The Morgan fingerprint density at radius 3 is 2.21 bits per heavy atom. The molecule has 1 N–H and O–H groups in total. The van der Waals surface area contributed by atoms with Gasteiger partial charge in [0.15, 0.2) is 0 Å². The smallest absolute Gasteiger partial charge is 0.0577 e. The topological polar surface area (TPSA) is 12.0 Å². The van der Waals surface area contributed by atoms with E-state index in [1.165, 1.54) is 11.1 Å². The van der Waals surface area contributed by atoms with E-state index in [1.807, 2.05) is 37.3 Å². The first-order valence-corrected chi connectivity index (χ1v) is 7.12. The standard InChI is InChI=1S/C16H17Cl2N/c1-3-19-16(12-6-8-14(17)9-7-12)13-5-4-11(2)15(18)10-13/h4-10,16,19H,3H2,1-2H3. The second-order valence-electron chi connectivity index (χ2n) is 4.55. The Labute approximate surface area is 124 Å². The number of halogens is 2. The lowest BCUT2D eigenvalue weighted by atomic mass is 9.98. The molecule has 2 aromatic rings. The van der Waals surface area contributed by atoms with Crippen molar-refractivity contribution in [1.29, 1.82) is 0 Å². The van der Waals surface area contributed by atoms with Gasteiger partial charge in [0, 0.05) is 10.0 Å². The second kappa shape index (κ2) is 6.42. The molecule has 0 aliphatic heterocycles. The largest absolute Gasteiger partial charge is 0.307 e. The van der Waals surface area contributed by atoms with E-state index >= 15 is 0 Å². The summed E-state index contributed by atoms with van der Waals surface area (Å²) in [6.07, 6.45) is 0. The summed E-state index contributed by atoms with van der Waals surface area (Å²) in [7, 11) is 0. The normalized spacial score (nSPS) is 12.4. The van der Waals surface area contributed by atoms with Gasteiger partial charge in [-0.1, -0.05) is 54.4 Å². The van der Waals surface area contributed by atoms with Crippen LogP contribution in [0.3, 0.4) is 0 Å². The minimum Gasteiger partial charge on any atom is -0.307 e. The molecule has 1 atom stereocenters. The molecule has 3 heteroatoms. The summed E-state index contributed by atoms with van der Waals surface area (Å²) in [6, 6.07) is 14.3. The SMILES string of the molecule is CCNC(c1ccc(Cl)cc1)c1ccc(C)c(Cl)c1. The molecule has 0 amide bonds. The molecular formula is C16H17Cl2N. The van der Waals surface area contributed by atoms with Gasteiger partial charge in [-0.25, -0.2) is 0 Å². The third kappa shape index (κ3) is 3.50. The summed E-state index contributed by atoms with van der Waals surface area (Å²) in [4.78, 5) is 0. The average Bonchev–Trinajstić information content (AvgIpc) is 2.41. The lowest BCUT2D eigenvalue weighted by Crippen LogP contribution is -2.21. The number of benzene rings is 2. The van der Waals surface area contributed by atoms with Gasteiger partial charge in [-0.15, -0.1) is 0 Å². The molecule has 0 aliphatic carbocycles. The highest BCUT2D eigenvalue weighted by Gasteiger charge is 2.13. The van der Waals surface area contributed by atoms with Crippen molar-refractivity contribution in [1.82, 2.24) is 5.32 Å². The maximum Gasteiger partial charge on any atom is 0.0577 e. The van der Waals surface area contributed by atoms with Crippen LogP contribution >= 0.6 is 23.2 Å². The fraction of sp³-hybridized carbons (Fsp3) is 0.250. The number of nitrogens with one attached hydrogen (secondary N) is 1. The fourth-order valence-corrected chi connectivity index (χ4v) is 2.39. The van der Waals surface area contributed by atoms with Crippen LogP contribution in [0, 0.1) is 6.92 Å². The maximum atomic E-state index is 6.22. The molecule has 1 nitrogen and oxygen atoms in total. The van der Waals surface area contributed by atoms with Crippen LogP contribution in [0.15, 0.2) is 42.5 Å². The minimum absolute atomic E-state index is 0.139. The van der Waals surface area contributed by atoms with Gasteiger partial charge in [0.2, 0.25) is 0 Å². The van der Waals surface area contributed by atoms with Crippen molar-refractivity contribution in [3.05, 3.63) is 69.2 Å². The minimum atomic E-state index is 0.139. The molecule has 2 rings (SSSR count). The van der Waals surface area contributed by atoms with E-state index in [0.29, 0.717) is 0 Å². The average molecular weight is 294 g/mol. The van der Waals surface area contributed by atoms with Crippen molar-refractivity contribution >= 4 is 23.2 Å². The first kappa shape index (κ1) is 14.4. The van der Waals surface area contributed by atoms with Crippen LogP contribution in [-0.4, -0.2) is 6.54 Å². The molecule has 0 radical (unpaired) electrons. The van der Waals surface area contributed by atoms with Gasteiger partial charge in [-0.05, 0) is 48.4 Å². The molecule has 2 aromatic carbocycles. The zero-order valence-corrected chi connectivity index (χ0v) is 12.6. The van der Waals surface area contributed by atoms with Crippen LogP contribution in [0.1, 0.15) is 29.7 Å². The molecule has 19 heavy (non-hydrogen) atoms. The highest BCUT2D eigenvalue weighted by Crippen LogP contribution is 2.27. The Morgan fingerprint density at radius 1 is 1.00 bits per heavy atom. The van der Waals surface area contributed by atoms with E-state index < -0.39 is 0 Å². The molecule has 0 aromatic heterocycles. The summed E-state index contributed by atoms with van der Waals surface area (Å²) in [6.45, 7) is 4.99. The van der Waals surface area contributed by atoms with E-state index in [9.17, 15) is 0 Å². The summed E-state index contributed by atoms with van der Waals surface area (Å²) >= 11 is 12.2. The summed E-state index contributed by atoms with van der Waals surface area (Å²) < 4.78 is 0. The van der Waals surface area contributed by atoms with E-state index in [0.717, 1.165) is 22.2 Å². The molecule has 0 saturated heterocycles. The molecular weight excluding hydrogens is 277 g/mol. The second-order valence-corrected chi connectivity index (χ2v) is 5.39. The molecule has 0 bridgehead atoms. The predicted molar refractivity (Wildman–Crippen MR) is 83.2 cm³/mol. The Hall–Kier alpha value is -1.02. The van der Waals surface area contributed by atoms with Gasteiger partial charge in [0.25, 0.3) is 0 Å². The molecule has 0 heterocycles. The molecule has 0 saturated carbocycles. The lowest BCUT2D eigenvalue weighted by Gasteiger charge is -2.19. The predicted octanol–water partition coefficient (Wildman–Crippen LogP) is 5.00. The maximum absolute atomic E-state index is 6.22. The van der Waals surface area contributed by atoms with Gasteiger partial charge in [-0.3, -0.25) is 0 Å². The quantitative estimate of drug-likeness (QED) is 0.836. The Morgan fingerprint density at radius 2 is 1.63 bits per heavy atom. The van der Waals surface area contributed by atoms with Crippen molar-refractivity contribution < 1.29 is 0 Å². The fourth-order valence-electron chi connectivity index (χ4n) is 2.08. The van der Waals surface area contributed by atoms with Crippen molar-refractivity contribution in [3.8, 4) is 0 Å². The van der Waals surface area contributed by atoms with E-state index in [-0.39, 0.29) is 6.04 Å². The van der Waals surface area contributed by atoms with Crippen LogP contribution in [0.4, 0.5) is 0 Å². The monoisotopic (exact) mass is 293 g/mol. The molecule has 0 spiro atoms. The van der Waals surface area contributed by atoms with Crippen molar-refractivity contribution in [2.45, 2.75) is 19.9 Å². The third-order valence-electron chi connectivity index (χ3n) is 3.14. The van der Waals surface area contributed by atoms with Crippen LogP contribution in [0.25, 0.3) is 0 Å². The highest BCUT2D eigenvalue weighted by molar-refractivity contribution is 6.31. The van der Waals surface area contributed by atoms with Crippen molar-refractivity contribution in [3.63, 3.8) is 0 Å². The van der Waals surface area contributed by atoms with Crippen LogP contribution in [0.5, 0.6) is 0 Å². The van der Waals surface area contributed by atoms with Gasteiger partial charge in [-0.2, -0.15) is 0 Å². The molecule has 1 unspecified atom stereocenters. The summed E-state index contributed by atoms with van der Waals surface area (Å²) in [5, 5.41) is 5.03. The molecule has 0 fully saturated rings. The summed E-state index contributed by atoms with van der Waals surface area (Å²) in [5.74, 6) is 0. The van der Waals surface area contributed by atoms with Crippen LogP contribution < -0.4 is 5.32 Å². The number of hydrogen-bond acceptors (Lipinski definition) is 1. The zero-order chi connectivity index (χ0) is 13.8. The van der Waals surface area contributed by atoms with E-state index in [4.69, 9.17) is 23.2 Å². The van der Waals surface area contributed by atoms with Crippen LogP contribution in [0.2, 0.25) is 10.0 Å². The summed E-state index contributed by atoms with van der Waals surface area (Å²) in [5.41, 5.74) is 3.45. The molecule has 100 valence electrons. The van der Waals surface area contributed by atoms with Crippen molar-refractivity contribution in [2.75, 3.05) is 6.54 Å². The number of hydrogen-bond donors (Lipinski definition) is 1. The Balaban J connectivity index is 2.38. The Kier molecular flexibility index (Phi) is 4.87. The van der Waals surface area contributed by atoms with Crippen LogP contribution in [-0.2, 0) is 0 Å². The van der Waals surface area contributed by atoms with E-state index in [1.54, 1.807) is 0 Å². The first-order chi connectivity index (χ1) is 9.11. The van der Waals surface area contributed by atoms with Gasteiger partial charge in [0.05, 0.1) is 6.04 Å². The van der Waals surface area contributed by atoms with E-state index in [2.05, 4.69) is 24.4 Å². The Bertz CT molecular complexity index is 549.